The van der Waals surface area contributed by atoms with Crippen molar-refractivity contribution < 1.29 is 22.8 Å². The summed E-state index contributed by atoms with van der Waals surface area (Å²) in [6.07, 6.45) is 2.05. The third kappa shape index (κ3) is 6.57. The lowest BCUT2D eigenvalue weighted by Crippen LogP contribution is -2.46. The van der Waals surface area contributed by atoms with Crippen molar-refractivity contribution in [1.29, 1.82) is 0 Å². The molecule has 1 heterocycles. The Morgan fingerprint density at radius 1 is 1.26 bits per heavy atom. The van der Waals surface area contributed by atoms with Gasteiger partial charge in [0.15, 0.2) is 9.84 Å². The van der Waals surface area contributed by atoms with Gasteiger partial charge in [0.2, 0.25) is 6.41 Å². The Morgan fingerprint density at radius 2 is 1.96 bits per heavy atom. The molecule has 2 aromatic rings. The second-order valence-electron chi connectivity index (χ2n) is 7.37. The third-order valence-corrected chi connectivity index (χ3v) is 5.35. The van der Waals surface area contributed by atoms with Gasteiger partial charge in [0.05, 0.1) is 35.3 Å². The third-order valence-electron chi connectivity index (χ3n) is 3.68. The maximum absolute atomic E-state index is 12.7. The van der Waals surface area contributed by atoms with E-state index in [-0.39, 0.29) is 18.1 Å². The first kappa shape index (κ1) is 21.3. The van der Waals surface area contributed by atoms with E-state index in [1.807, 2.05) is 30.3 Å². The van der Waals surface area contributed by atoms with Gasteiger partial charge in [-0.25, -0.2) is 13.5 Å². The van der Waals surface area contributed by atoms with E-state index in [1.54, 1.807) is 27.0 Å². The smallest absolute Gasteiger partial charge is 0.233 e. The molecule has 7 nitrogen and oxygen atoms in total. The molecule has 1 unspecified atom stereocenters. The van der Waals surface area contributed by atoms with Crippen LogP contribution in [0.15, 0.2) is 36.5 Å². The number of sulfone groups is 1. The lowest BCUT2D eigenvalue weighted by molar-refractivity contribution is -0.233. The highest BCUT2D eigenvalue weighted by molar-refractivity contribution is 7.90. The first-order chi connectivity index (χ1) is 12.6. The number of hydrogen-bond acceptors (Lipinski definition) is 6. The van der Waals surface area contributed by atoms with E-state index in [0.717, 1.165) is 16.0 Å². The van der Waals surface area contributed by atoms with Crippen LogP contribution in [0, 0.1) is 0 Å². The van der Waals surface area contributed by atoms with E-state index in [1.165, 1.54) is 7.11 Å². The van der Waals surface area contributed by atoms with Crippen molar-refractivity contribution in [2.24, 2.45) is 0 Å². The number of ether oxygens (including phenoxy) is 1. The van der Waals surface area contributed by atoms with Crippen LogP contribution in [0.25, 0.3) is 10.9 Å². The summed E-state index contributed by atoms with van der Waals surface area (Å²) in [6, 6.07) is 8.58. The van der Waals surface area contributed by atoms with Crippen LogP contribution >= 0.6 is 0 Å². The number of nitrogens with zero attached hydrogens (tertiary/aromatic N) is 2. The lowest BCUT2D eigenvalue weighted by Gasteiger charge is -2.32. The molecule has 1 aromatic heterocycles. The number of rotatable bonds is 9. The van der Waals surface area contributed by atoms with Crippen LogP contribution in [-0.2, 0) is 30.0 Å². The van der Waals surface area contributed by atoms with Crippen molar-refractivity contribution in [1.82, 2.24) is 10.0 Å². The van der Waals surface area contributed by atoms with E-state index in [2.05, 4.69) is 4.98 Å². The van der Waals surface area contributed by atoms with Gasteiger partial charge in [-0.2, -0.15) is 0 Å². The second kappa shape index (κ2) is 8.77. The molecule has 0 spiro atoms. The minimum absolute atomic E-state index is 0.0457. The molecule has 0 aliphatic heterocycles. The molecule has 0 saturated carbocycles. The fraction of sp³-hybridized carbons (Fsp3) is 0.474. The number of para-hydroxylation sites is 1. The molecule has 0 N–H and O–H groups in total. The van der Waals surface area contributed by atoms with Crippen LogP contribution in [-0.4, -0.2) is 56.0 Å². The standard InChI is InChI=1S/C19H26N2O5S/c1-19(2,3)26-21(14-22)17(11-25-4)13-27(23,24)12-15-9-16-7-5-6-8-18(16)20-10-15/h5-10,14,17H,11-13H2,1-4H3. The minimum atomic E-state index is -3.54. The number of benzene rings is 1. The minimum Gasteiger partial charge on any atom is -0.382 e. The van der Waals surface area contributed by atoms with Crippen LogP contribution in [0.3, 0.4) is 0 Å². The zero-order chi connectivity index (χ0) is 20.1. The molecule has 0 aliphatic carbocycles. The number of methoxy groups -OCH3 is 1. The molecule has 148 valence electrons. The fourth-order valence-electron chi connectivity index (χ4n) is 2.69. The highest BCUT2D eigenvalue weighted by Crippen LogP contribution is 2.17. The van der Waals surface area contributed by atoms with Gasteiger partial charge >= 0.3 is 0 Å². The Bertz CT molecular complexity index is 877. The fourth-order valence-corrected chi connectivity index (χ4v) is 4.30. The van der Waals surface area contributed by atoms with Crippen LogP contribution in [0.1, 0.15) is 26.3 Å². The molecule has 0 bridgehead atoms. The summed E-state index contributed by atoms with van der Waals surface area (Å²) in [5.41, 5.74) is 0.764. The van der Waals surface area contributed by atoms with Crippen LogP contribution in [0.2, 0.25) is 0 Å². The van der Waals surface area contributed by atoms with Gasteiger partial charge in [-0.1, -0.05) is 18.2 Å². The highest BCUT2D eigenvalue weighted by Gasteiger charge is 2.28. The van der Waals surface area contributed by atoms with Crippen molar-refractivity contribution in [2.45, 2.75) is 38.2 Å². The van der Waals surface area contributed by atoms with Crippen LogP contribution < -0.4 is 0 Å². The molecular formula is C19H26N2O5S. The van der Waals surface area contributed by atoms with Gasteiger partial charge in [-0.05, 0) is 38.5 Å². The van der Waals surface area contributed by atoms with Crippen molar-refractivity contribution in [3.8, 4) is 0 Å². The second-order valence-corrected chi connectivity index (χ2v) is 9.48. The number of hydroxylamine groups is 2. The number of fused-ring (bicyclic) bond motifs is 1. The van der Waals surface area contributed by atoms with Gasteiger partial charge in [0, 0.05) is 18.7 Å². The molecule has 1 aromatic carbocycles. The molecule has 27 heavy (non-hydrogen) atoms. The molecule has 2 rings (SSSR count). The van der Waals surface area contributed by atoms with Crippen molar-refractivity contribution in [2.75, 3.05) is 19.5 Å². The first-order valence-corrected chi connectivity index (χ1v) is 10.4. The maximum atomic E-state index is 12.7. The van der Waals surface area contributed by atoms with E-state index < -0.39 is 21.5 Å². The van der Waals surface area contributed by atoms with Crippen LogP contribution in [0.4, 0.5) is 0 Å². The number of amides is 1. The lowest BCUT2D eigenvalue weighted by atomic mass is 10.2. The number of aromatic nitrogens is 1. The van der Waals surface area contributed by atoms with E-state index in [4.69, 9.17) is 9.57 Å². The Hall–Kier alpha value is -2.03. The van der Waals surface area contributed by atoms with Gasteiger partial charge in [-0.3, -0.25) is 14.6 Å². The predicted molar refractivity (Wildman–Crippen MR) is 104 cm³/mol. The van der Waals surface area contributed by atoms with Crippen LogP contribution in [0.5, 0.6) is 0 Å². The van der Waals surface area contributed by atoms with Gasteiger partial charge < -0.3 is 4.74 Å². The summed E-state index contributed by atoms with van der Waals surface area (Å²) >= 11 is 0. The molecule has 0 radical (unpaired) electrons. The largest absolute Gasteiger partial charge is 0.382 e. The van der Waals surface area contributed by atoms with Crippen molar-refractivity contribution >= 4 is 27.2 Å². The van der Waals surface area contributed by atoms with E-state index >= 15 is 0 Å². The molecule has 1 amide bonds. The number of pyridine rings is 1. The zero-order valence-corrected chi connectivity index (χ0v) is 16.9. The zero-order valence-electron chi connectivity index (χ0n) is 16.1. The number of carbonyl (C=O) groups excluding carboxylic acids is 1. The Balaban J connectivity index is 2.17. The predicted octanol–water partition coefficient (Wildman–Crippen LogP) is 2.35. The van der Waals surface area contributed by atoms with Gasteiger partial charge in [-0.15, -0.1) is 0 Å². The molecule has 0 saturated heterocycles. The molecule has 8 heteroatoms. The summed E-state index contributed by atoms with van der Waals surface area (Å²) in [6.45, 7) is 5.39. The SMILES string of the molecule is COCC(CS(=O)(=O)Cc1cnc2ccccc2c1)N(C=O)OC(C)(C)C. The van der Waals surface area contributed by atoms with Gasteiger partial charge in [0.25, 0.3) is 0 Å². The molecule has 0 fully saturated rings. The summed E-state index contributed by atoms with van der Waals surface area (Å²) in [7, 11) is -2.08. The van der Waals surface area contributed by atoms with Gasteiger partial charge in [0.1, 0.15) is 0 Å². The average molecular weight is 394 g/mol. The van der Waals surface area contributed by atoms with Crippen molar-refractivity contribution in [3.63, 3.8) is 0 Å². The Labute approximate surface area is 160 Å². The highest BCUT2D eigenvalue weighted by atomic mass is 32.2. The summed E-state index contributed by atoms with van der Waals surface area (Å²) in [5, 5.41) is 1.91. The first-order valence-electron chi connectivity index (χ1n) is 8.59. The number of hydrogen-bond donors (Lipinski definition) is 0. The topological polar surface area (TPSA) is 85.8 Å². The summed E-state index contributed by atoms with van der Waals surface area (Å²) < 4.78 is 30.5. The number of carbonyl (C=O) groups is 1. The molecule has 1 atom stereocenters. The summed E-state index contributed by atoms with van der Waals surface area (Å²) in [5.74, 6) is -0.449. The average Bonchev–Trinajstić information content (AvgIpc) is 2.58. The molecule has 0 aliphatic rings. The maximum Gasteiger partial charge on any atom is 0.233 e. The van der Waals surface area contributed by atoms with Crippen molar-refractivity contribution in [3.05, 3.63) is 42.1 Å². The summed E-state index contributed by atoms with van der Waals surface area (Å²) in [4.78, 5) is 21.3. The Kier molecular flexibility index (Phi) is 6.91. The van der Waals surface area contributed by atoms with E-state index in [0.29, 0.717) is 12.0 Å². The normalized spacial score (nSPS) is 13.5. The monoisotopic (exact) mass is 394 g/mol. The van der Waals surface area contributed by atoms with E-state index in [9.17, 15) is 13.2 Å². The molecular weight excluding hydrogens is 368 g/mol. The quantitative estimate of drug-likeness (QED) is 0.479. The Morgan fingerprint density at radius 3 is 2.59 bits per heavy atom.